The summed E-state index contributed by atoms with van der Waals surface area (Å²) >= 11 is 0. The lowest BCUT2D eigenvalue weighted by Gasteiger charge is -2.14. The summed E-state index contributed by atoms with van der Waals surface area (Å²) in [6.07, 6.45) is 10.8. The monoisotopic (exact) mass is 197 g/mol. The maximum Gasteiger partial charge on any atom is 0.220 e. The Morgan fingerprint density at radius 3 is 1.71 bits per heavy atom. The topological polar surface area (TPSA) is 12.0 Å². The number of hydrogen-bond donors (Lipinski definition) is 1. The quantitative estimate of drug-likeness (QED) is 0.412. The molecule has 1 N–H and O–H groups in total. The molecule has 0 spiro atoms. The van der Waals surface area contributed by atoms with Crippen LogP contribution in [0, 0.1) is 0 Å². The first-order valence-electron chi connectivity index (χ1n) is 6.58. The van der Waals surface area contributed by atoms with Crippen molar-refractivity contribution in [2.75, 3.05) is 6.54 Å². The van der Waals surface area contributed by atoms with E-state index in [2.05, 4.69) is 26.0 Å². The fourth-order valence-electron chi connectivity index (χ4n) is 1.73. The zero-order valence-corrected chi connectivity index (χ0v) is 10.4. The van der Waals surface area contributed by atoms with Crippen LogP contribution in [0.25, 0.3) is 0 Å². The van der Waals surface area contributed by atoms with Crippen LogP contribution in [0.5, 0.6) is 0 Å². The molecule has 84 valence electrons. The van der Waals surface area contributed by atoms with Gasteiger partial charge in [-0.05, 0) is 13.0 Å². The van der Waals surface area contributed by atoms with Crippen LogP contribution in [0.15, 0.2) is 0 Å². The molecule has 0 aromatic rings. The fraction of sp³-hybridized carbons (Fsp3) is 1.00. The van der Waals surface area contributed by atoms with Gasteiger partial charge in [0.05, 0.1) is 0 Å². The van der Waals surface area contributed by atoms with Gasteiger partial charge in [-0.1, -0.05) is 65.5 Å². The Bertz CT molecular complexity index is 98.5. The molecule has 0 aromatic heterocycles. The van der Waals surface area contributed by atoms with Gasteiger partial charge in [-0.15, -0.1) is 0 Å². The van der Waals surface area contributed by atoms with E-state index in [1.54, 1.807) is 0 Å². The summed E-state index contributed by atoms with van der Waals surface area (Å²) in [6.45, 7) is 8.83. The van der Waals surface area contributed by atoms with Gasteiger partial charge in [0.15, 0.2) is 0 Å². The van der Waals surface area contributed by atoms with Crippen LogP contribution >= 0.6 is 0 Å². The largest absolute Gasteiger partial charge is 0.356 e. The van der Waals surface area contributed by atoms with E-state index in [1.807, 2.05) is 0 Å². The first kappa shape index (κ1) is 14.0. The third-order valence-corrected chi connectivity index (χ3v) is 2.78. The highest BCUT2D eigenvalue weighted by atomic mass is 14.8. The van der Waals surface area contributed by atoms with E-state index in [-0.39, 0.29) is 0 Å². The second-order valence-corrected chi connectivity index (χ2v) is 4.29. The maximum atomic E-state index is 3.69. The zero-order chi connectivity index (χ0) is 10.6. The summed E-state index contributed by atoms with van der Waals surface area (Å²) in [5.41, 5.74) is 0. The SMILES string of the molecule is CCCCNB(CCCC)CCCC. The number of unbranched alkanes of at least 4 members (excludes halogenated alkanes) is 3. The van der Waals surface area contributed by atoms with Gasteiger partial charge in [-0.25, -0.2) is 0 Å². The lowest BCUT2D eigenvalue weighted by atomic mass is 9.54. The Labute approximate surface area is 91.1 Å². The Balaban J connectivity index is 3.49. The van der Waals surface area contributed by atoms with Gasteiger partial charge >= 0.3 is 0 Å². The molecule has 0 saturated carbocycles. The van der Waals surface area contributed by atoms with E-state index in [9.17, 15) is 0 Å². The summed E-state index contributed by atoms with van der Waals surface area (Å²) in [5, 5.41) is 3.69. The van der Waals surface area contributed by atoms with Crippen molar-refractivity contribution in [3.05, 3.63) is 0 Å². The van der Waals surface area contributed by atoms with Crippen LogP contribution in [0.4, 0.5) is 0 Å². The minimum atomic E-state index is 0.793. The highest BCUT2D eigenvalue weighted by Crippen LogP contribution is 2.07. The lowest BCUT2D eigenvalue weighted by molar-refractivity contribution is 0.740. The van der Waals surface area contributed by atoms with Crippen molar-refractivity contribution in [3.63, 3.8) is 0 Å². The van der Waals surface area contributed by atoms with Crippen molar-refractivity contribution in [2.24, 2.45) is 0 Å². The van der Waals surface area contributed by atoms with E-state index in [4.69, 9.17) is 0 Å². The Hall–Kier alpha value is 0.0249. The van der Waals surface area contributed by atoms with Gasteiger partial charge in [0.25, 0.3) is 0 Å². The van der Waals surface area contributed by atoms with Crippen molar-refractivity contribution >= 4 is 6.85 Å². The van der Waals surface area contributed by atoms with Gasteiger partial charge in [-0.3, -0.25) is 0 Å². The normalized spacial score (nSPS) is 10.5. The molecule has 0 saturated heterocycles. The molecule has 0 rings (SSSR count). The summed E-state index contributed by atoms with van der Waals surface area (Å²) < 4.78 is 0. The van der Waals surface area contributed by atoms with E-state index < -0.39 is 0 Å². The highest BCUT2D eigenvalue weighted by Gasteiger charge is 2.11. The van der Waals surface area contributed by atoms with Crippen molar-refractivity contribution in [1.82, 2.24) is 5.23 Å². The third-order valence-electron chi connectivity index (χ3n) is 2.78. The van der Waals surface area contributed by atoms with Gasteiger partial charge in [0, 0.05) is 0 Å². The molecular weight excluding hydrogens is 169 g/mol. The molecule has 1 nitrogen and oxygen atoms in total. The van der Waals surface area contributed by atoms with E-state index in [0.29, 0.717) is 0 Å². The predicted octanol–water partition coefficient (Wildman–Crippen LogP) is 3.97. The molecule has 0 atom stereocenters. The Kier molecular flexibility index (Phi) is 11.1. The van der Waals surface area contributed by atoms with Gasteiger partial charge in [-0.2, -0.15) is 0 Å². The minimum Gasteiger partial charge on any atom is -0.356 e. The van der Waals surface area contributed by atoms with Crippen LogP contribution in [0.2, 0.25) is 12.6 Å². The lowest BCUT2D eigenvalue weighted by Crippen LogP contribution is -2.34. The summed E-state index contributed by atoms with van der Waals surface area (Å²) in [5.74, 6) is 0. The summed E-state index contributed by atoms with van der Waals surface area (Å²) in [4.78, 5) is 0. The molecule has 0 unspecified atom stereocenters. The molecule has 0 radical (unpaired) electrons. The van der Waals surface area contributed by atoms with Crippen LogP contribution in [-0.2, 0) is 0 Å². The van der Waals surface area contributed by atoms with Crippen molar-refractivity contribution in [1.29, 1.82) is 0 Å². The van der Waals surface area contributed by atoms with E-state index in [0.717, 1.165) is 6.85 Å². The molecule has 0 aliphatic carbocycles. The van der Waals surface area contributed by atoms with Crippen LogP contribution in [0.1, 0.15) is 59.3 Å². The number of nitrogens with one attached hydrogen (secondary N) is 1. The molecule has 0 aliphatic heterocycles. The van der Waals surface area contributed by atoms with E-state index >= 15 is 0 Å². The smallest absolute Gasteiger partial charge is 0.220 e. The van der Waals surface area contributed by atoms with E-state index in [1.165, 1.54) is 57.7 Å². The zero-order valence-electron chi connectivity index (χ0n) is 10.4. The van der Waals surface area contributed by atoms with Gasteiger partial charge in [0.1, 0.15) is 0 Å². The summed E-state index contributed by atoms with van der Waals surface area (Å²) in [6, 6.07) is 0. The maximum absolute atomic E-state index is 3.69. The second kappa shape index (κ2) is 11.1. The molecule has 0 amide bonds. The first-order chi connectivity index (χ1) is 6.85. The third kappa shape index (κ3) is 8.62. The van der Waals surface area contributed by atoms with Crippen molar-refractivity contribution < 1.29 is 0 Å². The minimum absolute atomic E-state index is 0.793. The second-order valence-electron chi connectivity index (χ2n) is 4.29. The van der Waals surface area contributed by atoms with Crippen molar-refractivity contribution in [3.8, 4) is 0 Å². The molecule has 0 aromatic carbocycles. The van der Waals surface area contributed by atoms with Crippen LogP contribution in [0.3, 0.4) is 0 Å². The number of rotatable bonds is 10. The molecule has 0 aliphatic rings. The molecular formula is C12H28BN. The Morgan fingerprint density at radius 2 is 1.29 bits per heavy atom. The highest BCUT2D eigenvalue weighted by molar-refractivity contribution is 6.56. The summed E-state index contributed by atoms with van der Waals surface area (Å²) in [7, 11) is 0. The van der Waals surface area contributed by atoms with Crippen LogP contribution in [-0.4, -0.2) is 13.4 Å². The Morgan fingerprint density at radius 1 is 0.786 bits per heavy atom. The standard InChI is InChI=1S/C12H28BN/c1-4-7-10-13(11-8-5-2)14-12-9-6-3/h14H,4-12H2,1-3H3. The molecule has 0 heterocycles. The average molecular weight is 197 g/mol. The molecule has 2 heteroatoms. The van der Waals surface area contributed by atoms with Gasteiger partial charge in [0.2, 0.25) is 6.85 Å². The predicted molar refractivity (Wildman–Crippen MR) is 68.1 cm³/mol. The first-order valence-corrected chi connectivity index (χ1v) is 6.58. The molecule has 0 bridgehead atoms. The molecule has 14 heavy (non-hydrogen) atoms. The fourth-order valence-corrected chi connectivity index (χ4v) is 1.73. The average Bonchev–Trinajstić information content (AvgIpc) is 2.21. The van der Waals surface area contributed by atoms with Gasteiger partial charge < -0.3 is 5.23 Å². The van der Waals surface area contributed by atoms with Crippen LogP contribution < -0.4 is 5.23 Å². The number of hydrogen-bond acceptors (Lipinski definition) is 1. The molecule has 0 fully saturated rings. The van der Waals surface area contributed by atoms with Crippen molar-refractivity contribution in [2.45, 2.75) is 71.9 Å².